The van der Waals surface area contributed by atoms with Gasteiger partial charge in [0.2, 0.25) is 0 Å². The summed E-state index contributed by atoms with van der Waals surface area (Å²) in [6, 6.07) is 18.4. The van der Waals surface area contributed by atoms with Crippen molar-refractivity contribution >= 4 is 31.9 Å². The molecule has 3 heteroatoms. The second kappa shape index (κ2) is 8.24. The van der Waals surface area contributed by atoms with Crippen LogP contribution in [0.2, 0.25) is 0 Å². The van der Waals surface area contributed by atoms with Gasteiger partial charge in [-0.2, -0.15) is 0 Å². The van der Waals surface area contributed by atoms with Crippen molar-refractivity contribution in [1.82, 2.24) is 4.90 Å². The van der Waals surface area contributed by atoms with Crippen molar-refractivity contribution in [2.75, 3.05) is 6.54 Å². The first-order valence-electron chi connectivity index (χ1n) is 10.7. The van der Waals surface area contributed by atoms with Gasteiger partial charge in [-0.3, -0.25) is 4.90 Å². The summed E-state index contributed by atoms with van der Waals surface area (Å²) in [5.74, 6) is 0. The van der Waals surface area contributed by atoms with Gasteiger partial charge in [-0.05, 0) is 81.2 Å². The first-order valence-corrected chi connectivity index (χ1v) is 12.3. The summed E-state index contributed by atoms with van der Waals surface area (Å²) in [6.07, 6.45) is 7.46. The molecule has 0 aromatic heterocycles. The van der Waals surface area contributed by atoms with Crippen molar-refractivity contribution in [1.29, 1.82) is 0 Å². The molecule has 2 aliphatic carbocycles. The lowest BCUT2D eigenvalue weighted by molar-refractivity contribution is 0.210. The maximum absolute atomic E-state index is 4.03. The molecule has 2 aromatic carbocycles. The van der Waals surface area contributed by atoms with Gasteiger partial charge in [0.05, 0.1) is 8.65 Å². The molecule has 0 saturated heterocycles. The minimum Gasteiger partial charge on any atom is -0.297 e. The molecule has 2 aromatic rings. The number of alkyl halides is 2. The molecule has 28 heavy (non-hydrogen) atoms. The van der Waals surface area contributed by atoms with Crippen LogP contribution in [0.15, 0.2) is 48.5 Å². The average Bonchev–Trinajstić information content (AvgIpc) is 3.61. The highest BCUT2D eigenvalue weighted by atomic mass is 79.9. The maximum Gasteiger partial charge on any atom is 0.0510 e. The molecule has 4 rings (SSSR count). The Bertz CT molecular complexity index is 770. The average molecular weight is 505 g/mol. The lowest BCUT2D eigenvalue weighted by Crippen LogP contribution is -2.31. The SMILES string of the molecule is CC(C)N(CCCc1c(C2(Br)CC2)cccc1C1(Br)CC1)Cc1ccccc1. The van der Waals surface area contributed by atoms with Crippen LogP contribution in [-0.2, 0) is 21.6 Å². The number of benzene rings is 2. The van der Waals surface area contributed by atoms with Crippen molar-refractivity contribution in [3.8, 4) is 0 Å². The summed E-state index contributed by atoms with van der Waals surface area (Å²) in [4.78, 5) is 2.61. The lowest BCUT2D eigenvalue weighted by Gasteiger charge is -2.27. The van der Waals surface area contributed by atoms with E-state index in [-0.39, 0.29) is 8.65 Å². The van der Waals surface area contributed by atoms with Crippen molar-refractivity contribution in [3.63, 3.8) is 0 Å². The van der Waals surface area contributed by atoms with E-state index < -0.39 is 0 Å². The highest BCUT2D eigenvalue weighted by Crippen LogP contribution is 2.59. The number of hydrogen-bond donors (Lipinski definition) is 0. The van der Waals surface area contributed by atoms with E-state index in [0.29, 0.717) is 6.04 Å². The van der Waals surface area contributed by atoms with Crippen LogP contribution in [0.25, 0.3) is 0 Å². The Balaban J connectivity index is 1.48. The summed E-state index contributed by atoms with van der Waals surface area (Å²) in [6.45, 7) is 6.82. The van der Waals surface area contributed by atoms with Crippen LogP contribution in [0, 0.1) is 0 Å². The summed E-state index contributed by atoms with van der Waals surface area (Å²) in [7, 11) is 0. The normalized spacial score (nSPS) is 19.2. The summed E-state index contributed by atoms with van der Waals surface area (Å²) in [5, 5.41) is 0. The molecule has 0 atom stereocenters. The van der Waals surface area contributed by atoms with Gasteiger partial charge >= 0.3 is 0 Å². The summed E-state index contributed by atoms with van der Waals surface area (Å²) < 4.78 is 0.497. The number of hydrogen-bond acceptors (Lipinski definition) is 1. The molecule has 0 aliphatic heterocycles. The molecule has 1 nitrogen and oxygen atoms in total. The van der Waals surface area contributed by atoms with Crippen LogP contribution in [0.3, 0.4) is 0 Å². The minimum atomic E-state index is 0.248. The summed E-state index contributed by atoms with van der Waals surface area (Å²) >= 11 is 8.07. The summed E-state index contributed by atoms with van der Waals surface area (Å²) in [5.41, 5.74) is 6.12. The van der Waals surface area contributed by atoms with Crippen LogP contribution in [0.1, 0.15) is 68.2 Å². The standard InChI is InChI=1S/C25H31Br2N/c1-19(2)28(18-20-8-4-3-5-9-20)17-7-10-21-22(24(26)13-14-24)11-6-12-23(21)25(27)15-16-25/h3-6,8-9,11-12,19H,7,10,13-18H2,1-2H3. The highest BCUT2D eigenvalue weighted by Gasteiger charge is 2.47. The molecule has 0 radical (unpaired) electrons. The molecule has 2 saturated carbocycles. The second-order valence-electron chi connectivity index (χ2n) is 8.92. The topological polar surface area (TPSA) is 3.24 Å². The van der Waals surface area contributed by atoms with Crippen LogP contribution in [0.4, 0.5) is 0 Å². The van der Waals surface area contributed by atoms with Crippen molar-refractivity contribution in [2.45, 2.75) is 73.6 Å². The zero-order valence-electron chi connectivity index (χ0n) is 17.1. The number of rotatable bonds is 9. The molecule has 2 aliphatic rings. The van der Waals surface area contributed by atoms with Gasteiger partial charge in [-0.1, -0.05) is 80.4 Å². The molecular weight excluding hydrogens is 474 g/mol. The molecule has 2 fully saturated rings. The molecule has 0 bridgehead atoms. The van der Waals surface area contributed by atoms with Gasteiger partial charge in [-0.25, -0.2) is 0 Å². The lowest BCUT2D eigenvalue weighted by atomic mass is 9.91. The van der Waals surface area contributed by atoms with E-state index in [1.165, 1.54) is 44.1 Å². The van der Waals surface area contributed by atoms with E-state index >= 15 is 0 Å². The predicted octanol–water partition coefficient (Wildman–Crippen LogP) is 7.30. The van der Waals surface area contributed by atoms with E-state index in [9.17, 15) is 0 Å². The Morgan fingerprint density at radius 2 is 1.43 bits per heavy atom. The van der Waals surface area contributed by atoms with Crippen molar-refractivity contribution in [2.24, 2.45) is 0 Å². The fourth-order valence-electron chi connectivity index (χ4n) is 4.25. The maximum atomic E-state index is 4.03. The van der Waals surface area contributed by atoms with Gasteiger partial charge < -0.3 is 0 Å². The first-order chi connectivity index (χ1) is 13.4. The smallest absolute Gasteiger partial charge is 0.0510 e. The Kier molecular flexibility index (Phi) is 6.07. The van der Waals surface area contributed by atoms with E-state index in [1.54, 1.807) is 16.7 Å². The third kappa shape index (κ3) is 4.57. The molecule has 0 heterocycles. The van der Waals surface area contributed by atoms with Gasteiger partial charge in [-0.15, -0.1) is 0 Å². The predicted molar refractivity (Wildman–Crippen MR) is 126 cm³/mol. The molecule has 150 valence electrons. The largest absolute Gasteiger partial charge is 0.297 e. The quantitative estimate of drug-likeness (QED) is 0.324. The Morgan fingerprint density at radius 1 is 0.857 bits per heavy atom. The molecule has 0 spiro atoms. The Morgan fingerprint density at radius 3 is 1.93 bits per heavy atom. The molecular formula is C25H31Br2N. The zero-order valence-corrected chi connectivity index (χ0v) is 20.2. The van der Waals surface area contributed by atoms with E-state index in [2.05, 4.69) is 99.1 Å². The van der Waals surface area contributed by atoms with Gasteiger partial charge in [0.25, 0.3) is 0 Å². The van der Waals surface area contributed by atoms with Crippen LogP contribution in [0.5, 0.6) is 0 Å². The van der Waals surface area contributed by atoms with Crippen LogP contribution in [-0.4, -0.2) is 17.5 Å². The Hall–Kier alpha value is -0.640. The van der Waals surface area contributed by atoms with Crippen LogP contribution < -0.4 is 0 Å². The van der Waals surface area contributed by atoms with Crippen molar-refractivity contribution in [3.05, 3.63) is 70.8 Å². The van der Waals surface area contributed by atoms with E-state index in [1.807, 2.05) is 0 Å². The van der Waals surface area contributed by atoms with Gasteiger partial charge in [0.1, 0.15) is 0 Å². The minimum absolute atomic E-state index is 0.248. The van der Waals surface area contributed by atoms with E-state index in [4.69, 9.17) is 0 Å². The fourth-order valence-corrected chi connectivity index (χ4v) is 5.39. The molecule has 0 amide bonds. The Labute approximate surface area is 187 Å². The fraction of sp³-hybridized carbons (Fsp3) is 0.520. The molecule has 0 unspecified atom stereocenters. The van der Waals surface area contributed by atoms with Crippen molar-refractivity contribution < 1.29 is 0 Å². The first kappa shape index (κ1) is 20.6. The second-order valence-corrected chi connectivity index (χ2v) is 12.0. The van der Waals surface area contributed by atoms with Gasteiger partial charge in [0.15, 0.2) is 0 Å². The van der Waals surface area contributed by atoms with Gasteiger partial charge in [0, 0.05) is 12.6 Å². The highest BCUT2D eigenvalue weighted by molar-refractivity contribution is 9.10. The number of nitrogens with zero attached hydrogens (tertiary/aromatic N) is 1. The third-order valence-corrected chi connectivity index (χ3v) is 8.79. The van der Waals surface area contributed by atoms with E-state index in [0.717, 1.165) is 13.1 Å². The third-order valence-electron chi connectivity index (χ3n) is 6.35. The van der Waals surface area contributed by atoms with Crippen LogP contribution >= 0.6 is 31.9 Å². The zero-order chi connectivity index (χ0) is 19.8. The molecule has 0 N–H and O–H groups in total. The number of halogens is 2. The monoisotopic (exact) mass is 503 g/mol.